The maximum absolute atomic E-state index is 11.0. The molecule has 0 heterocycles. The molecule has 0 aliphatic carbocycles. The molecule has 0 aliphatic heterocycles. The largest absolute Gasteiger partial charge is 1.00 e. The summed E-state index contributed by atoms with van der Waals surface area (Å²) in [5.41, 5.74) is 5.84. The van der Waals surface area contributed by atoms with Gasteiger partial charge in [0.2, 0.25) is 0 Å². The van der Waals surface area contributed by atoms with E-state index in [4.69, 9.17) is 5.73 Å². The van der Waals surface area contributed by atoms with Gasteiger partial charge < -0.3 is 15.4 Å². The third-order valence-corrected chi connectivity index (χ3v) is 3.17. The van der Waals surface area contributed by atoms with Crippen LogP contribution in [0.4, 0.5) is 5.69 Å². The monoisotopic (exact) mass is 277 g/mol. The molecule has 17 heavy (non-hydrogen) atoms. The molecular weight excluding hydrogens is 269 g/mol. The maximum atomic E-state index is 11.0. The molecule has 3 N–H and O–H groups in total. The van der Waals surface area contributed by atoms with Gasteiger partial charge in [-0.1, -0.05) is 12.1 Å². The zero-order valence-corrected chi connectivity index (χ0v) is 13.0. The van der Waals surface area contributed by atoms with Gasteiger partial charge in [-0.15, -0.1) is 0 Å². The van der Waals surface area contributed by atoms with Crippen LogP contribution in [-0.4, -0.2) is 18.1 Å². The molecule has 2 rings (SSSR count). The molecule has 0 unspecified atom stereocenters. The van der Waals surface area contributed by atoms with E-state index in [1.165, 1.54) is 24.3 Å². The van der Waals surface area contributed by atoms with E-state index in [9.17, 15) is 18.1 Å². The van der Waals surface area contributed by atoms with E-state index in [-0.39, 0.29) is 78.5 Å². The van der Waals surface area contributed by atoms with Gasteiger partial charge in [-0.25, -0.2) is 8.42 Å². The number of nitrogen functional groups attached to an aromatic ring is 1. The molecule has 0 saturated carbocycles. The van der Waals surface area contributed by atoms with Crippen LogP contribution in [0.1, 0.15) is 0 Å². The van der Waals surface area contributed by atoms with E-state index >= 15 is 0 Å². The Labute approximate surface area is 141 Å². The van der Waals surface area contributed by atoms with Crippen LogP contribution in [-0.2, 0) is 10.1 Å². The number of phenolic OH excluding ortho intramolecular Hbond substituents is 1. The molecule has 2 aromatic carbocycles. The van der Waals surface area contributed by atoms with Gasteiger partial charge in [0.25, 0.3) is 0 Å². The molecule has 2 aromatic rings. The molecule has 0 amide bonds. The second-order valence-corrected chi connectivity index (χ2v) is 4.65. The second kappa shape index (κ2) is 5.23. The van der Waals surface area contributed by atoms with Crippen molar-refractivity contribution in [3.63, 3.8) is 0 Å². The number of phenols is 1. The average Bonchev–Trinajstić information content (AvgIpc) is 2.16. The topological polar surface area (TPSA) is 103 Å². The van der Waals surface area contributed by atoms with E-state index in [0.717, 1.165) is 6.07 Å². The minimum Gasteiger partial charge on any atom is -0.744 e. The first-order chi connectivity index (χ1) is 7.41. The van der Waals surface area contributed by atoms with Gasteiger partial charge in [0.15, 0.2) is 0 Å². The fraction of sp³-hybridized carbons (Fsp3) is 0. The van der Waals surface area contributed by atoms with Gasteiger partial charge in [-0.3, -0.25) is 0 Å². The van der Waals surface area contributed by atoms with Gasteiger partial charge in [-0.2, -0.15) is 0 Å². The summed E-state index contributed by atoms with van der Waals surface area (Å²) in [6, 6.07) is 6.67. The van der Waals surface area contributed by atoms with E-state index in [1.807, 2.05) is 0 Å². The molecule has 5 nitrogen and oxygen atoms in total. The molecular formula is C10H8KNO4S. The number of nitrogens with two attached hydrogens (primary N) is 1. The summed E-state index contributed by atoms with van der Waals surface area (Å²) in [4.78, 5) is -0.382. The molecule has 0 fully saturated rings. The van der Waals surface area contributed by atoms with Crippen LogP contribution in [0.2, 0.25) is 0 Å². The van der Waals surface area contributed by atoms with Crippen molar-refractivity contribution >= 4 is 26.6 Å². The summed E-state index contributed by atoms with van der Waals surface area (Å²) in [7, 11) is -4.58. The Bertz CT molecular complexity index is 661. The Morgan fingerprint density at radius 1 is 1.18 bits per heavy atom. The summed E-state index contributed by atoms with van der Waals surface area (Å²) in [5, 5.41) is 9.88. The van der Waals surface area contributed by atoms with E-state index < -0.39 is 10.1 Å². The van der Waals surface area contributed by atoms with Crippen molar-refractivity contribution in [2.45, 2.75) is 4.90 Å². The fourth-order valence-electron chi connectivity index (χ4n) is 1.61. The first-order valence-electron chi connectivity index (χ1n) is 4.37. The van der Waals surface area contributed by atoms with Crippen molar-refractivity contribution in [3.8, 4) is 5.75 Å². The Kier molecular flexibility index (Phi) is 4.58. The van der Waals surface area contributed by atoms with Gasteiger partial charge in [-0.05, 0) is 18.2 Å². The van der Waals surface area contributed by atoms with Crippen molar-refractivity contribution in [2.24, 2.45) is 0 Å². The summed E-state index contributed by atoms with van der Waals surface area (Å²) in [6.07, 6.45) is 0. The van der Waals surface area contributed by atoms with Crippen LogP contribution in [0.3, 0.4) is 0 Å². The predicted octanol–water partition coefficient (Wildman–Crippen LogP) is -1.96. The van der Waals surface area contributed by atoms with Crippen molar-refractivity contribution in [1.29, 1.82) is 0 Å². The summed E-state index contributed by atoms with van der Waals surface area (Å²) in [6.45, 7) is 0. The molecule has 0 radical (unpaired) electrons. The Morgan fingerprint density at radius 3 is 2.41 bits per heavy atom. The van der Waals surface area contributed by atoms with Crippen LogP contribution in [0, 0.1) is 0 Å². The third-order valence-electron chi connectivity index (χ3n) is 2.28. The second-order valence-electron chi connectivity index (χ2n) is 3.31. The van der Waals surface area contributed by atoms with Crippen molar-refractivity contribution in [3.05, 3.63) is 30.3 Å². The predicted molar refractivity (Wildman–Crippen MR) is 58.0 cm³/mol. The maximum Gasteiger partial charge on any atom is 1.00 e. The number of benzene rings is 2. The van der Waals surface area contributed by atoms with Crippen LogP contribution in [0.15, 0.2) is 35.2 Å². The Hall–Kier alpha value is -0.154. The smallest absolute Gasteiger partial charge is 0.744 e. The molecule has 84 valence electrons. The Morgan fingerprint density at radius 2 is 1.82 bits per heavy atom. The molecule has 0 saturated heterocycles. The molecule has 0 aromatic heterocycles. The number of hydrogen-bond donors (Lipinski definition) is 2. The zero-order chi connectivity index (χ0) is 11.9. The summed E-state index contributed by atoms with van der Waals surface area (Å²) in [5.74, 6) is -0.152. The third kappa shape index (κ3) is 2.82. The fourth-order valence-corrected chi connectivity index (χ4v) is 2.28. The normalized spacial score (nSPS) is 11.1. The summed E-state index contributed by atoms with van der Waals surface area (Å²) < 4.78 is 33.0. The number of fused-ring (bicyclic) bond motifs is 1. The number of aromatic hydroxyl groups is 1. The molecule has 0 bridgehead atoms. The van der Waals surface area contributed by atoms with E-state index in [0.29, 0.717) is 0 Å². The zero-order valence-electron chi connectivity index (χ0n) is 9.04. The first-order valence-corrected chi connectivity index (χ1v) is 5.78. The number of hydrogen-bond acceptors (Lipinski definition) is 5. The number of anilines is 1. The molecule has 7 heteroatoms. The van der Waals surface area contributed by atoms with Gasteiger partial charge in [0, 0.05) is 16.5 Å². The van der Waals surface area contributed by atoms with Crippen LogP contribution < -0.4 is 57.1 Å². The molecule has 0 aliphatic rings. The van der Waals surface area contributed by atoms with Crippen LogP contribution in [0.25, 0.3) is 10.8 Å². The van der Waals surface area contributed by atoms with E-state index in [1.54, 1.807) is 0 Å². The van der Waals surface area contributed by atoms with Crippen LogP contribution >= 0.6 is 0 Å². The number of rotatable bonds is 1. The minimum atomic E-state index is -4.58. The quantitative estimate of drug-likeness (QED) is 0.358. The standard InChI is InChI=1S/C10H9NO4S.K/c11-7-4-5-9(16(13,14)15)6-2-1-3-8(12)10(6)7;/h1-5,12H,11H2,(H,13,14,15);/q;+1/p-1. The molecule has 0 atom stereocenters. The SMILES string of the molecule is Nc1ccc(S(=O)(=O)[O-])c2cccc(O)c12.[K+]. The van der Waals surface area contributed by atoms with E-state index in [2.05, 4.69) is 0 Å². The minimum absolute atomic E-state index is 0. The van der Waals surface area contributed by atoms with Gasteiger partial charge in [0.05, 0.1) is 4.90 Å². The average molecular weight is 277 g/mol. The van der Waals surface area contributed by atoms with Crippen molar-refractivity contribution < 1.29 is 69.5 Å². The van der Waals surface area contributed by atoms with Crippen molar-refractivity contribution in [1.82, 2.24) is 0 Å². The summed E-state index contributed by atoms with van der Waals surface area (Å²) >= 11 is 0. The van der Waals surface area contributed by atoms with Crippen LogP contribution in [0.5, 0.6) is 5.75 Å². The Balaban J connectivity index is 0.00000144. The van der Waals surface area contributed by atoms with Crippen molar-refractivity contribution in [2.75, 3.05) is 5.73 Å². The molecule has 0 spiro atoms. The van der Waals surface area contributed by atoms with Gasteiger partial charge >= 0.3 is 51.4 Å². The first kappa shape index (κ1) is 14.9. The van der Waals surface area contributed by atoms with Gasteiger partial charge in [0.1, 0.15) is 15.9 Å².